The van der Waals surface area contributed by atoms with E-state index in [1.807, 2.05) is 0 Å². The third-order valence-corrected chi connectivity index (χ3v) is 3.03. The molecule has 2 rings (SSSR count). The topological polar surface area (TPSA) is 0 Å². The van der Waals surface area contributed by atoms with Crippen LogP contribution in [0.25, 0.3) is 5.57 Å². The number of hydrogen-bond donors (Lipinski definition) is 0. The smallest absolute Gasteiger partial charge is 0.0178 e. The van der Waals surface area contributed by atoms with Gasteiger partial charge in [0, 0.05) is 4.47 Å². The lowest BCUT2D eigenvalue weighted by Gasteiger charge is -2.01. The molecule has 0 aromatic heterocycles. The van der Waals surface area contributed by atoms with Crippen molar-refractivity contribution in [2.45, 2.75) is 13.3 Å². The van der Waals surface area contributed by atoms with Crippen LogP contribution in [0.2, 0.25) is 0 Å². The summed E-state index contributed by atoms with van der Waals surface area (Å²) in [4.78, 5) is 0. The average Bonchev–Trinajstić information content (AvgIpc) is 2.28. The first-order valence-corrected chi connectivity index (χ1v) is 4.95. The number of hydrogen-bond acceptors (Lipinski definition) is 0. The molecule has 0 heterocycles. The van der Waals surface area contributed by atoms with E-state index >= 15 is 0 Å². The maximum absolute atomic E-state index is 4.09. The Kier molecular flexibility index (Phi) is 1.84. The third-order valence-electron chi connectivity index (χ3n) is 2.53. The molecule has 0 saturated carbocycles. The van der Waals surface area contributed by atoms with Gasteiger partial charge < -0.3 is 0 Å². The molecule has 0 saturated heterocycles. The van der Waals surface area contributed by atoms with Crippen molar-refractivity contribution in [2.24, 2.45) is 5.92 Å². The van der Waals surface area contributed by atoms with Crippen molar-refractivity contribution >= 4 is 21.5 Å². The lowest BCUT2D eigenvalue weighted by molar-refractivity contribution is 0.782. The molecule has 62 valence electrons. The van der Waals surface area contributed by atoms with Crippen LogP contribution in [0.1, 0.15) is 18.1 Å². The van der Waals surface area contributed by atoms with E-state index < -0.39 is 0 Å². The first-order chi connectivity index (χ1) is 5.68. The molecule has 0 amide bonds. The van der Waals surface area contributed by atoms with Crippen molar-refractivity contribution in [3.8, 4) is 0 Å². The van der Waals surface area contributed by atoms with Crippen molar-refractivity contribution in [2.75, 3.05) is 0 Å². The summed E-state index contributed by atoms with van der Waals surface area (Å²) in [6.45, 7) is 6.32. The van der Waals surface area contributed by atoms with E-state index in [9.17, 15) is 0 Å². The van der Waals surface area contributed by atoms with Gasteiger partial charge in [-0.3, -0.25) is 0 Å². The van der Waals surface area contributed by atoms with Crippen LogP contribution in [0.15, 0.2) is 29.3 Å². The summed E-state index contributed by atoms with van der Waals surface area (Å²) >= 11 is 3.48. The van der Waals surface area contributed by atoms with Crippen LogP contribution in [0, 0.1) is 5.92 Å². The molecule has 0 radical (unpaired) electrons. The predicted octanol–water partition coefficient (Wildman–Crippen LogP) is 3.65. The van der Waals surface area contributed by atoms with Gasteiger partial charge in [-0.15, -0.1) is 0 Å². The lowest BCUT2D eigenvalue weighted by Crippen LogP contribution is -1.88. The van der Waals surface area contributed by atoms with Gasteiger partial charge in [0.05, 0.1) is 0 Å². The molecule has 1 unspecified atom stereocenters. The molecule has 0 bridgehead atoms. The minimum atomic E-state index is 0.620. The summed E-state index contributed by atoms with van der Waals surface area (Å²) < 4.78 is 1.17. The van der Waals surface area contributed by atoms with Crippen LogP contribution >= 0.6 is 15.9 Å². The quantitative estimate of drug-likeness (QED) is 0.629. The number of rotatable bonds is 0. The molecule has 0 aliphatic heterocycles. The highest BCUT2D eigenvalue weighted by molar-refractivity contribution is 9.10. The van der Waals surface area contributed by atoms with Gasteiger partial charge in [0.15, 0.2) is 0 Å². The van der Waals surface area contributed by atoms with Crippen LogP contribution in [0.4, 0.5) is 0 Å². The zero-order valence-electron chi connectivity index (χ0n) is 7.10. The molecule has 12 heavy (non-hydrogen) atoms. The molecule has 1 aromatic rings. The number of fused-ring (bicyclic) bond motifs is 1. The Hall–Kier alpha value is -0.560. The summed E-state index contributed by atoms with van der Waals surface area (Å²) in [5.41, 5.74) is 4.07. The molecule has 1 atom stereocenters. The van der Waals surface area contributed by atoms with Crippen molar-refractivity contribution in [1.82, 2.24) is 0 Å². The molecular weight excluding hydrogens is 212 g/mol. The Morgan fingerprint density at radius 3 is 3.00 bits per heavy atom. The van der Waals surface area contributed by atoms with Gasteiger partial charge >= 0.3 is 0 Å². The van der Waals surface area contributed by atoms with Crippen LogP contribution in [0.3, 0.4) is 0 Å². The first kappa shape index (κ1) is 8.06. The SMILES string of the molecule is C=C1c2ccc(Br)cc2CC1C. The maximum atomic E-state index is 4.09. The molecule has 1 aromatic carbocycles. The molecule has 0 fully saturated rings. The first-order valence-electron chi connectivity index (χ1n) is 4.16. The normalized spacial score (nSPS) is 21.2. The zero-order valence-corrected chi connectivity index (χ0v) is 8.69. The van der Waals surface area contributed by atoms with Gasteiger partial charge in [-0.25, -0.2) is 0 Å². The summed E-state index contributed by atoms with van der Waals surface area (Å²) in [5, 5.41) is 0. The molecule has 1 aliphatic carbocycles. The minimum Gasteiger partial charge on any atom is -0.0949 e. The monoisotopic (exact) mass is 222 g/mol. The maximum Gasteiger partial charge on any atom is 0.0178 e. The second-order valence-corrected chi connectivity index (χ2v) is 4.35. The number of benzene rings is 1. The second kappa shape index (κ2) is 2.74. The summed E-state index contributed by atoms with van der Waals surface area (Å²) in [7, 11) is 0. The summed E-state index contributed by atoms with van der Waals surface area (Å²) in [5.74, 6) is 0.620. The predicted molar refractivity (Wildman–Crippen MR) is 56.0 cm³/mol. The number of halogens is 1. The largest absolute Gasteiger partial charge is 0.0949 e. The minimum absolute atomic E-state index is 0.620. The van der Waals surface area contributed by atoms with E-state index in [1.54, 1.807) is 0 Å². The fraction of sp³-hybridized carbons (Fsp3) is 0.273. The number of allylic oxidation sites excluding steroid dienone is 1. The average molecular weight is 223 g/mol. The Morgan fingerprint density at radius 2 is 2.25 bits per heavy atom. The Balaban J connectivity index is 2.54. The molecular formula is C11H11Br. The Bertz CT molecular complexity index is 339. The van der Waals surface area contributed by atoms with E-state index in [0.29, 0.717) is 5.92 Å². The van der Waals surface area contributed by atoms with Crippen LogP contribution < -0.4 is 0 Å². The highest BCUT2D eigenvalue weighted by Crippen LogP contribution is 2.36. The highest BCUT2D eigenvalue weighted by Gasteiger charge is 2.21. The van der Waals surface area contributed by atoms with E-state index in [4.69, 9.17) is 0 Å². The van der Waals surface area contributed by atoms with Crippen molar-refractivity contribution in [1.29, 1.82) is 0 Å². The molecule has 1 aliphatic rings. The standard InChI is InChI=1S/C11H11Br/c1-7-5-9-6-10(12)3-4-11(9)8(7)2/h3-4,6-7H,2,5H2,1H3. The van der Waals surface area contributed by atoms with Gasteiger partial charge in [0.1, 0.15) is 0 Å². The van der Waals surface area contributed by atoms with Crippen molar-refractivity contribution < 1.29 is 0 Å². The fourth-order valence-electron chi connectivity index (χ4n) is 1.76. The summed E-state index contributed by atoms with van der Waals surface area (Å²) in [6.07, 6.45) is 1.15. The zero-order chi connectivity index (χ0) is 8.72. The molecule has 0 spiro atoms. The van der Waals surface area contributed by atoms with Crippen LogP contribution in [-0.4, -0.2) is 0 Å². The van der Waals surface area contributed by atoms with E-state index in [2.05, 4.69) is 47.6 Å². The fourth-order valence-corrected chi connectivity index (χ4v) is 2.17. The Morgan fingerprint density at radius 1 is 1.50 bits per heavy atom. The molecule has 0 N–H and O–H groups in total. The van der Waals surface area contributed by atoms with E-state index in [-0.39, 0.29) is 0 Å². The lowest BCUT2D eigenvalue weighted by atomic mass is 10.0. The van der Waals surface area contributed by atoms with Gasteiger partial charge in [0.2, 0.25) is 0 Å². The molecule has 1 heteroatoms. The molecule has 0 nitrogen and oxygen atoms in total. The second-order valence-electron chi connectivity index (χ2n) is 3.43. The van der Waals surface area contributed by atoms with Crippen LogP contribution in [0.5, 0.6) is 0 Å². The summed E-state index contributed by atoms with van der Waals surface area (Å²) in [6, 6.07) is 6.44. The van der Waals surface area contributed by atoms with E-state index in [0.717, 1.165) is 6.42 Å². The van der Waals surface area contributed by atoms with Gasteiger partial charge in [-0.1, -0.05) is 35.5 Å². The van der Waals surface area contributed by atoms with Gasteiger partial charge in [-0.2, -0.15) is 0 Å². The highest BCUT2D eigenvalue weighted by atomic mass is 79.9. The van der Waals surface area contributed by atoms with Crippen molar-refractivity contribution in [3.05, 3.63) is 40.4 Å². The van der Waals surface area contributed by atoms with Crippen LogP contribution in [-0.2, 0) is 6.42 Å². The Labute approximate surface area is 81.4 Å². The van der Waals surface area contributed by atoms with E-state index in [1.165, 1.54) is 21.2 Å². The van der Waals surface area contributed by atoms with Crippen molar-refractivity contribution in [3.63, 3.8) is 0 Å². The third kappa shape index (κ3) is 1.13. The van der Waals surface area contributed by atoms with Gasteiger partial charge in [-0.05, 0) is 41.2 Å². The van der Waals surface area contributed by atoms with Gasteiger partial charge in [0.25, 0.3) is 0 Å².